The van der Waals surface area contributed by atoms with Gasteiger partial charge in [-0.15, -0.1) is 0 Å². The van der Waals surface area contributed by atoms with Crippen molar-refractivity contribution in [2.75, 3.05) is 13.1 Å². The third kappa shape index (κ3) is 4.79. The third-order valence-electron chi connectivity index (χ3n) is 2.86. The van der Waals surface area contributed by atoms with E-state index in [1.54, 1.807) is 0 Å². The van der Waals surface area contributed by atoms with Gasteiger partial charge in [0.05, 0.1) is 0 Å². The van der Waals surface area contributed by atoms with Crippen molar-refractivity contribution in [1.29, 1.82) is 0 Å². The highest BCUT2D eigenvalue weighted by molar-refractivity contribution is 5.18. The van der Waals surface area contributed by atoms with Gasteiger partial charge in [0.1, 0.15) is 11.6 Å². The summed E-state index contributed by atoms with van der Waals surface area (Å²) in [5, 5.41) is 3.13. The van der Waals surface area contributed by atoms with Gasteiger partial charge in [-0.25, -0.2) is 8.78 Å². The van der Waals surface area contributed by atoms with Crippen LogP contribution in [0.2, 0.25) is 0 Å². The molecule has 2 nitrogen and oxygen atoms in total. The first-order valence-corrected chi connectivity index (χ1v) is 5.79. The Labute approximate surface area is 101 Å². The molecule has 96 valence electrons. The number of hydrogen-bond acceptors (Lipinski definition) is 2. The van der Waals surface area contributed by atoms with E-state index in [1.807, 2.05) is 0 Å². The standard InChI is InChI=1S/C13H20F2N2/c1-13(2,9-16)5-6-17-8-10-3-4-11(14)7-12(10)15/h3-4,7,17H,5-6,8-9,16H2,1-2H3. The summed E-state index contributed by atoms with van der Waals surface area (Å²) in [6.45, 7) is 5.98. The van der Waals surface area contributed by atoms with Crippen molar-refractivity contribution in [3.05, 3.63) is 35.4 Å². The van der Waals surface area contributed by atoms with Gasteiger partial charge < -0.3 is 11.1 Å². The number of hydrogen-bond donors (Lipinski definition) is 2. The Bertz CT molecular complexity index is 364. The van der Waals surface area contributed by atoms with Crippen LogP contribution in [0.5, 0.6) is 0 Å². The van der Waals surface area contributed by atoms with E-state index < -0.39 is 11.6 Å². The van der Waals surface area contributed by atoms with Crippen LogP contribution in [-0.2, 0) is 6.54 Å². The Morgan fingerprint density at radius 3 is 2.59 bits per heavy atom. The first kappa shape index (κ1) is 14.1. The minimum absolute atomic E-state index is 0.0916. The van der Waals surface area contributed by atoms with Gasteiger partial charge in [0, 0.05) is 18.2 Å². The van der Waals surface area contributed by atoms with E-state index in [4.69, 9.17) is 5.73 Å². The first-order chi connectivity index (χ1) is 7.94. The number of rotatable bonds is 6. The van der Waals surface area contributed by atoms with Crippen LogP contribution >= 0.6 is 0 Å². The molecular weight excluding hydrogens is 222 g/mol. The Balaban J connectivity index is 2.36. The molecule has 0 amide bonds. The maximum absolute atomic E-state index is 13.3. The molecule has 0 atom stereocenters. The summed E-state index contributed by atoms with van der Waals surface area (Å²) in [5.41, 5.74) is 6.19. The minimum Gasteiger partial charge on any atom is -0.330 e. The van der Waals surface area contributed by atoms with Crippen LogP contribution in [0.3, 0.4) is 0 Å². The van der Waals surface area contributed by atoms with E-state index in [9.17, 15) is 8.78 Å². The topological polar surface area (TPSA) is 38.0 Å². The number of nitrogens with two attached hydrogens (primary N) is 1. The van der Waals surface area contributed by atoms with Crippen molar-refractivity contribution in [1.82, 2.24) is 5.32 Å². The van der Waals surface area contributed by atoms with E-state index in [0.717, 1.165) is 19.0 Å². The second kappa shape index (κ2) is 6.07. The first-order valence-electron chi connectivity index (χ1n) is 5.79. The molecule has 0 aliphatic carbocycles. The molecule has 0 aliphatic heterocycles. The van der Waals surface area contributed by atoms with Crippen LogP contribution in [0.1, 0.15) is 25.8 Å². The average molecular weight is 242 g/mol. The van der Waals surface area contributed by atoms with Crippen LogP contribution in [-0.4, -0.2) is 13.1 Å². The van der Waals surface area contributed by atoms with Crippen LogP contribution < -0.4 is 11.1 Å². The second-order valence-electron chi connectivity index (χ2n) is 5.03. The minimum atomic E-state index is -0.546. The monoisotopic (exact) mass is 242 g/mol. The fourth-order valence-electron chi connectivity index (χ4n) is 1.42. The van der Waals surface area contributed by atoms with E-state index in [1.165, 1.54) is 12.1 Å². The lowest BCUT2D eigenvalue weighted by Gasteiger charge is -2.22. The van der Waals surface area contributed by atoms with Crippen molar-refractivity contribution in [2.24, 2.45) is 11.1 Å². The molecule has 0 unspecified atom stereocenters. The summed E-state index contributed by atoms with van der Waals surface area (Å²) in [4.78, 5) is 0. The van der Waals surface area contributed by atoms with Gasteiger partial charge in [0.25, 0.3) is 0 Å². The van der Waals surface area contributed by atoms with Gasteiger partial charge in [-0.2, -0.15) is 0 Å². The Morgan fingerprint density at radius 1 is 1.29 bits per heavy atom. The zero-order valence-corrected chi connectivity index (χ0v) is 10.4. The second-order valence-corrected chi connectivity index (χ2v) is 5.03. The fraction of sp³-hybridized carbons (Fsp3) is 0.538. The van der Waals surface area contributed by atoms with E-state index >= 15 is 0 Å². The summed E-state index contributed by atoms with van der Waals surface area (Å²) in [6, 6.07) is 3.64. The Morgan fingerprint density at radius 2 is 2.00 bits per heavy atom. The summed E-state index contributed by atoms with van der Waals surface area (Å²) >= 11 is 0. The molecule has 1 rings (SSSR count). The zero-order chi connectivity index (χ0) is 12.9. The maximum atomic E-state index is 13.3. The molecule has 1 aromatic carbocycles. The highest BCUT2D eigenvalue weighted by Gasteiger charge is 2.14. The number of benzene rings is 1. The molecule has 3 N–H and O–H groups in total. The molecule has 0 saturated carbocycles. The third-order valence-corrected chi connectivity index (χ3v) is 2.86. The Kier molecular flexibility index (Phi) is 5.02. The smallest absolute Gasteiger partial charge is 0.130 e. The van der Waals surface area contributed by atoms with Crippen LogP contribution in [0.15, 0.2) is 18.2 Å². The van der Waals surface area contributed by atoms with Gasteiger partial charge in [0.15, 0.2) is 0 Å². The molecule has 0 radical (unpaired) electrons. The number of nitrogens with one attached hydrogen (secondary N) is 1. The van der Waals surface area contributed by atoms with Crippen molar-refractivity contribution in [3.8, 4) is 0 Å². The van der Waals surface area contributed by atoms with Crippen molar-refractivity contribution < 1.29 is 8.78 Å². The lowest BCUT2D eigenvalue weighted by atomic mass is 9.90. The fourth-order valence-corrected chi connectivity index (χ4v) is 1.42. The highest BCUT2D eigenvalue weighted by Crippen LogP contribution is 2.17. The SMILES string of the molecule is CC(C)(CN)CCNCc1ccc(F)cc1F. The van der Waals surface area contributed by atoms with Crippen molar-refractivity contribution in [2.45, 2.75) is 26.8 Å². The molecule has 0 saturated heterocycles. The molecule has 4 heteroatoms. The van der Waals surface area contributed by atoms with Gasteiger partial charge in [0.2, 0.25) is 0 Å². The highest BCUT2D eigenvalue weighted by atomic mass is 19.1. The Hall–Kier alpha value is -1.00. The average Bonchev–Trinajstić information content (AvgIpc) is 2.27. The van der Waals surface area contributed by atoms with Gasteiger partial charge >= 0.3 is 0 Å². The quantitative estimate of drug-likeness (QED) is 0.752. The summed E-state index contributed by atoms with van der Waals surface area (Å²) < 4.78 is 25.9. The summed E-state index contributed by atoms with van der Waals surface area (Å²) in [7, 11) is 0. The number of halogens is 2. The molecule has 0 heterocycles. The van der Waals surface area contributed by atoms with Crippen molar-refractivity contribution >= 4 is 0 Å². The normalized spacial score (nSPS) is 11.8. The van der Waals surface area contributed by atoms with E-state index in [-0.39, 0.29) is 5.41 Å². The molecule has 0 aliphatic rings. The molecular formula is C13H20F2N2. The van der Waals surface area contributed by atoms with Gasteiger partial charge in [-0.3, -0.25) is 0 Å². The molecule has 0 fully saturated rings. The predicted molar refractivity (Wildman–Crippen MR) is 65.5 cm³/mol. The molecule has 0 aromatic heterocycles. The van der Waals surface area contributed by atoms with E-state index in [0.29, 0.717) is 18.7 Å². The van der Waals surface area contributed by atoms with Crippen LogP contribution in [0.25, 0.3) is 0 Å². The lowest BCUT2D eigenvalue weighted by molar-refractivity contribution is 0.338. The van der Waals surface area contributed by atoms with Gasteiger partial charge in [-0.1, -0.05) is 19.9 Å². The molecule has 1 aromatic rings. The largest absolute Gasteiger partial charge is 0.330 e. The molecule has 0 spiro atoms. The van der Waals surface area contributed by atoms with Crippen LogP contribution in [0, 0.1) is 17.0 Å². The molecule has 0 bridgehead atoms. The lowest BCUT2D eigenvalue weighted by Crippen LogP contribution is -2.28. The van der Waals surface area contributed by atoms with Crippen molar-refractivity contribution in [3.63, 3.8) is 0 Å². The predicted octanol–water partition coefficient (Wildman–Crippen LogP) is 2.43. The summed E-state index contributed by atoms with van der Waals surface area (Å²) in [6.07, 6.45) is 0.923. The van der Waals surface area contributed by atoms with E-state index in [2.05, 4.69) is 19.2 Å². The summed E-state index contributed by atoms with van der Waals surface area (Å²) in [5.74, 6) is -1.05. The molecule has 17 heavy (non-hydrogen) atoms. The zero-order valence-electron chi connectivity index (χ0n) is 10.4. The van der Waals surface area contributed by atoms with Crippen LogP contribution in [0.4, 0.5) is 8.78 Å². The maximum Gasteiger partial charge on any atom is 0.130 e. The van der Waals surface area contributed by atoms with Gasteiger partial charge in [-0.05, 0) is 31.0 Å².